The third kappa shape index (κ3) is 3.01. The number of para-hydroxylation sites is 1. The van der Waals surface area contributed by atoms with E-state index in [0.29, 0.717) is 19.6 Å². The number of hydrogen-bond acceptors (Lipinski definition) is 3. The number of rotatable bonds is 2. The molecule has 112 valence electrons. The van der Waals surface area contributed by atoms with E-state index >= 15 is 0 Å². The molecule has 2 N–H and O–H groups in total. The van der Waals surface area contributed by atoms with Crippen LogP contribution in [0.1, 0.15) is 37.3 Å². The van der Waals surface area contributed by atoms with Gasteiger partial charge in [0, 0.05) is 12.1 Å². The average molecular weight is 288 g/mol. The van der Waals surface area contributed by atoms with Gasteiger partial charge in [-0.25, -0.2) is 0 Å². The molecule has 3 rings (SSSR count). The lowest BCUT2D eigenvalue weighted by atomic mass is 9.95. The molecule has 2 aliphatic heterocycles. The Bertz CT molecular complexity index is 544. The molecule has 2 amide bonds. The maximum atomic E-state index is 12.4. The van der Waals surface area contributed by atoms with Crippen LogP contribution in [0, 0.1) is 5.92 Å². The van der Waals surface area contributed by atoms with Crippen molar-refractivity contribution in [3.63, 3.8) is 0 Å². The van der Waals surface area contributed by atoms with Crippen molar-refractivity contribution in [2.75, 3.05) is 13.2 Å². The molecule has 1 fully saturated rings. The van der Waals surface area contributed by atoms with E-state index in [9.17, 15) is 9.59 Å². The number of amides is 2. The number of fused-ring (bicyclic) bond motifs is 1. The van der Waals surface area contributed by atoms with E-state index in [0.717, 1.165) is 30.6 Å². The molecule has 1 aromatic rings. The molecule has 0 aromatic heterocycles. The van der Waals surface area contributed by atoms with Crippen LogP contribution in [-0.4, -0.2) is 25.0 Å². The van der Waals surface area contributed by atoms with Crippen molar-refractivity contribution in [3.05, 3.63) is 29.8 Å². The van der Waals surface area contributed by atoms with Gasteiger partial charge in [-0.2, -0.15) is 0 Å². The SMILES string of the molecule is O=C1NCCCC1C(=O)NC1CCCOc2ccccc21. The molecular weight excluding hydrogens is 268 g/mol. The van der Waals surface area contributed by atoms with Crippen molar-refractivity contribution in [2.24, 2.45) is 5.92 Å². The summed E-state index contributed by atoms with van der Waals surface area (Å²) in [6.07, 6.45) is 3.20. The molecule has 0 radical (unpaired) electrons. The minimum atomic E-state index is -0.560. The molecule has 0 spiro atoms. The topological polar surface area (TPSA) is 67.4 Å². The van der Waals surface area contributed by atoms with Gasteiger partial charge in [-0.3, -0.25) is 9.59 Å². The van der Waals surface area contributed by atoms with Crippen molar-refractivity contribution >= 4 is 11.8 Å². The summed E-state index contributed by atoms with van der Waals surface area (Å²) in [6, 6.07) is 7.70. The lowest BCUT2D eigenvalue weighted by Gasteiger charge is -2.24. The summed E-state index contributed by atoms with van der Waals surface area (Å²) < 4.78 is 5.70. The predicted molar refractivity (Wildman–Crippen MR) is 77.8 cm³/mol. The summed E-state index contributed by atoms with van der Waals surface area (Å²) >= 11 is 0. The monoisotopic (exact) mass is 288 g/mol. The molecule has 0 saturated carbocycles. The molecule has 1 saturated heterocycles. The first-order chi connectivity index (χ1) is 10.3. The fraction of sp³-hybridized carbons (Fsp3) is 0.500. The van der Waals surface area contributed by atoms with Crippen molar-refractivity contribution in [3.8, 4) is 5.75 Å². The maximum Gasteiger partial charge on any atom is 0.233 e. The molecule has 2 unspecified atom stereocenters. The summed E-state index contributed by atoms with van der Waals surface area (Å²) in [7, 11) is 0. The predicted octanol–water partition coefficient (Wildman–Crippen LogP) is 1.54. The van der Waals surface area contributed by atoms with Crippen LogP contribution in [0.2, 0.25) is 0 Å². The quantitative estimate of drug-likeness (QED) is 0.811. The normalized spacial score (nSPS) is 25.0. The van der Waals surface area contributed by atoms with Crippen LogP contribution in [-0.2, 0) is 9.59 Å². The lowest BCUT2D eigenvalue weighted by Crippen LogP contribution is -2.45. The first kappa shape index (κ1) is 13.9. The number of ether oxygens (including phenoxy) is 1. The van der Waals surface area contributed by atoms with Gasteiger partial charge < -0.3 is 15.4 Å². The second kappa shape index (κ2) is 6.16. The smallest absolute Gasteiger partial charge is 0.233 e. The highest BCUT2D eigenvalue weighted by molar-refractivity contribution is 6.00. The Labute approximate surface area is 124 Å². The number of piperidine rings is 1. The Morgan fingerprint density at radius 2 is 2.10 bits per heavy atom. The highest BCUT2D eigenvalue weighted by Crippen LogP contribution is 2.31. The van der Waals surface area contributed by atoms with Crippen LogP contribution < -0.4 is 15.4 Å². The third-order valence-corrected chi connectivity index (χ3v) is 4.11. The second-order valence-corrected chi connectivity index (χ2v) is 5.58. The second-order valence-electron chi connectivity index (χ2n) is 5.58. The first-order valence-corrected chi connectivity index (χ1v) is 7.55. The fourth-order valence-corrected chi connectivity index (χ4v) is 2.97. The van der Waals surface area contributed by atoms with E-state index in [4.69, 9.17) is 4.74 Å². The van der Waals surface area contributed by atoms with E-state index in [1.165, 1.54) is 0 Å². The molecular formula is C16H20N2O3. The van der Waals surface area contributed by atoms with Gasteiger partial charge in [-0.1, -0.05) is 18.2 Å². The van der Waals surface area contributed by atoms with Crippen molar-refractivity contribution in [1.29, 1.82) is 0 Å². The van der Waals surface area contributed by atoms with Gasteiger partial charge >= 0.3 is 0 Å². The van der Waals surface area contributed by atoms with Gasteiger partial charge in [0.05, 0.1) is 12.6 Å². The molecule has 1 aromatic carbocycles. The molecule has 2 heterocycles. The van der Waals surface area contributed by atoms with Crippen molar-refractivity contribution < 1.29 is 14.3 Å². The number of benzene rings is 1. The van der Waals surface area contributed by atoms with Crippen LogP contribution >= 0.6 is 0 Å². The lowest BCUT2D eigenvalue weighted by molar-refractivity contribution is -0.137. The summed E-state index contributed by atoms with van der Waals surface area (Å²) in [5, 5.41) is 5.79. The van der Waals surface area contributed by atoms with E-state index in [1.54, 1.807) is 0 Å². The van der Waals surface area contributed by atoms with Crippen LogP contribution in [0.3, 0.4) is 0 Å². The highest BCUT2D eigenvalue weighted by atomic mass is 16.5. The summed E-state index contributed by atoms with van der Waals surface area (Å²) in [4.78, 5) is 24.2. The van der Waals surface area contributed by atoms with E-state index in [2.05, 4.69) is 10.6 Å². The highest BCUT2D eigenvalue weighted by Gasteiger charge is 2.31. The van der Waals surface area contributed by atoms with Crippen LogP contribution in [0.5, 0.6) is 5.75 Å². The van der Waals surface area contributed by atoms with E-state index in [1.807, 2.05) is 24.3 Å². The molecule has 5 heteroatoms. The zero-order valence-corrected chi connectivity index (χ0v) is 11.9. The van der Waals surface area contributed by atoms with E-state index < -0.39 is 5.92 Å². The number of carbonyl (C=O) groups is 2. The summed E-state index contributed by atoms with van der Waals surface area (Å²) in [5.41, 5.74) is 1.000. The summed E-state index contributed by atoms with van der Waals surface area (Å²) in [5.74, 6) is -0.0608. The van der Waals surface area contributed by atoms with E-state index in [-0.39, 0.29) is 17.9 Å². The van der Waals surface area contributed by atoms with Gasteiger partial charge in [-0.15, -0.1) is 0 Å². The van der Waals surface area contributed by atoms with Crippen LogP contribution in [0.4, 0.5) is 0 Å². The average Bonchev–Trinajstić information content (AvgIpc) is 2.70. The van der Waals surface area contributed by atoms with Gasteiger partial charge in [0.1, 0.15) is 11.7 Å². The number of carbonyl (C=O) groups excluding carboxylic acids is 2. The van der Waals surface area contributed by atoms with Gasteiger partial charge in [-0.05, 0) is 31.7 Å². The number of hydrogen-bond donors (Lipinski definition) is 2. The van der Waals surface area contributed by atoms with Gasteiger partial charge in [0.25, 0.3) is 0 Å². The zero-order valence-electron chi connectivity index (χ0n) is 11.9. The molecule has 2 atom stereocenters. The Morgan fingerprint density at radius 3 is 2.95 bits per heavy atom. The Hall–Kier alpha value is -2.04. The van der Waals surface area contributed by atoms with Gasteiger partial charge in [0.2, 0.25) is 11.8 Å². The Morgan fingerprint density at radius 1 is 1.24 bits per heavy atom. The minimum absolute atomic E-state index is 0.0778. The minimum Gasteiger partial charge on any atom is -0.493 e. The molecule has 5 nitrogen and oxygen atoms in total. The van der Waals surface area contributed by atoms with Crippen molar-refractivity contribution in [1.82, 2.24) is 10.6 Å². The van der Waals surface area contributed by atoms with Crippen LogP contribution in [0.25, 0.3) is 0 Å². The Kier molecular flexibility index (Phi) is 4.08. The molecule has 2 aliphatic rings. The third-order valence-electron chi connectivity index (χ3n) is 4.11. The van der Waals surface area contributed by atoms with Gasteiger partial charge in [0.15, 0.2) is 0 Å². The maximum absolute atomic E-state index is 12.4. The molecule has 0 aliphatic carbocycles. The zero-order chi connectivity index (χ0) is 14.7. The molecule has 0 bridgehead atoms. The van der Waals surface area contributed by atoms with Crippen molar-refractivity contribution in [2.45, 2.75) is 31.7 Å². The first-order valence-electron chi connectivity index (χ1n) is 7.55. The number of nitrogens with one attached hydrogen (secondary N) is 2. The largest absolute Gasteiger partial charge is 0.493 e. The fourth-order valence-electron chi connectivity index (χ4n) is 2.97. The molecule has 21 heavy (non-hydrogen) atoms. The summed E-state index contributed by atoms with van der Waals surface area (Å²) in [6.45, 7) is 1.33. The Balaban J connectivity index is 1.75. The standard InChI is InChI=1S/C16H20N2O3/c19-15-12(6-3-9-17-15)16(20)18-13-7-4-10-21-14-8-2-1-5-11(13)14/h1-2,5,8,12-13H,3-4,6-7,9-10H2,(H,17,19)(H,18,20). The van der Waals surface area contributed by atoms with Crippen LogP contribution in [0.15, 0.2) is 24.3 Å².